The SMILES string of the molecule is O=C(CN1CCN(C(=O)Cn2c(=O)[nH]c(=O)c3ccccc32)CC1)NC1CC1. The molecule has 1 aliphatic heterocycles. The Hall–Kier alpha value is -2.94. The maximum absolute atomic E-state index is 12.7. The van der Waals surface area contributed by atoms with Gasteiger partial charge < -0.3 is 10.2 Å². The Kier molecular flexibility index (Phi) is 4.99. The van der Waals surface area contributed by atoms with Crippen LogP contribution in [0.2, 0.25) is 0 Å². The van der Waals surface area contributed by atoms with E-state index in [1.165, 1.54) is 4.57 Å². The van der Waals surface area contributed by atoms with Crippen LogP contribution in [0.15, 0.2) is 33.9 Å². The second-order valence-electron chi connectivity index (χ2n) is 7.36. The van der Waals surface area contributed by atoms with E-state index in [0.717, 1.165) is 12.8 Å². The molecule has 1 aromatic carbocycles. The maximum atomic E-state index is 12.7. The van der Waals surface area contributed by atoms with Crippen LogP contribution in [0, 0.1) is 0 Å². The number of carbonyl (C=O) groups is 2. The number of carbonyl (C=O) groups excluding carboxylic acids is 2. The lowest BCUT2D eigenvalue weighted by atomic mass is 10.2. The molecule has 2 heterocycles. The minimum absolute atomic E-state index is 0.0357. The van der Waals surface area contributed by atoms with Crippen LogP contribution in [0.1, 0.15) is 12.8 Å². The Morgan fingerprint density at radius 2 is 1.75 bits per heavy atom. The molecule has 4 rings (SSSR count). The van der Waals surface area contributed by atoms with E-state index in [9.17, 15) is 19.2 Å². The molecular formula is C19H23N5O4. The molecule has 0 radical (unpaired) electrons. The summed E-state index contributed by atoms with van der Waals surface area (Å²) in [6, 6.07) is 7.08. The molecule has 2 N–H and O–H groups in total. The number of nitrogens with zero attached hydrogens (tertiary/aromatic N) is 3. The van der Waals surface area contributed by atoms with Crippen LogP contribution in [0.4, 0.5) is 0 Å². The maximum Gasteiger partial charge on any atom is 0.329 e. The van der Waals surface area contributed by atoms with E-state index >= 15 is 0 Å². The van der Waals surface area contributed by atoms with E-state index in [1.807, 2.05) is 4.90 Å². The van der Waals surface area contributed by atoms with Crippen LogP contribution in [0.3, 0.4) is 0 Å². The lowest BCUT2D eigenvalue weighted by molar-refractivity contribution is -0.133. The zero-order valence-corrected chi connectivity index (χ0v) is 15.5. The van der Waals surface area contributed by atoms with E-state index in [0.29, 0.717) is 49.7 Å². The van der Waals surface area contributed by atoms with E-state index in [1.54, 1.807) is 29.2 Å². The lowest BCUT2D eigenvalue weighted by Gasteiger charge is -2.34. The fourth-order valence-electron chi connectivity index (χ4n) is 3.49. The van der Waals surface area contributed by atoms with Crippen LogP contribution < -0.4 is 16.6 Å². The quantitative estimate of drug-likeness (QED) is 0.695. The van der Waals surface area contributed by atoms with Crippen molar-refractivity contribution in [3.05, 3.63) is 45.1 Å². The summed E-state index contributed by atoms with van der Waals surface area (Å²) in [7, 11) is 0. The van der Waals surface area contributed by atoms with Crippen molar-refractivity contribution < 1.29 is 9.59 Å². The van der Waals surface area contributed by atoms with Gasteiger partial charge in [0.15, 0.2) is 0 Å². The average Bonchev–Trinajstić information content (AvgIpc) is 3.49. The number of piperazine rings is 1. The first-order chi connectivity index (χ1) is 13.5. The molecule has 9 heteroatoms. The molecule has 28 heavy (non-hydrogen) atoms. The standard InChI is InChI=1S/C19H23N5O4/c25-16(20-13-5-6-13)11-22-7-9-23(10-8-22)17(26)12-24-15-4-2-1-3-14(15)18(27)21-19(24)28/h1-4,13H,5-12H2,(H,20,25)(H,21,27,28). The first kappa shape index (κ1) is 18.4. The zero-order chi connectivity index (χ0) is 19.7. The number of rotatable bonds is 5. The highest BCUT2D eigenvalue weighted by Crippen LogP contribution is 2.18. The van der Waals surface area contributed by atoms with Crippen LogP contribution in [0.25, 0.3) is 10.9 Å². The van der Waals surface area contributed by atoms with Crippen molar-refractivity contribution in [2.45, 2.75) is 25.4 Å². The highest BCUT2D eigenvalue weighted by atomic mass is 16.2. The van der Waals surface area contributed by atoms with Gasteiger partial charge >= 0.3 is 5.69 Å². The zero-order valence-electron chi connectivity index (χ0n) is 15.5. The number of benzene rings is 1. The number of hydrogen-bond acceptors (Lipinski definition) is 5. The molecule has 0 unspecified atom stereocenters. The Morgan fingerprint density at radius 3 is 2.46 bits per heavy atom. The normalized spacial score (nSPS) is 17.6. The Labute approximate surface area is 160 Å². The summed E-state index contributed by atoms with van der Waals surface area (Å²) >= 11 is 0. The van der Waals surface area contributed by atoms with Crippen LogP contribution in [0.5, 0.6) is 0 Å². The number of aromatic nitrogens is 2. The van der Waals surface area contributed by atoms with Crippen molar-refractivity contribution in [3.63, 3.8) is 0 Å². The first-order valence-electron chi connectivity index (χ1n) is 9.52. The van der Waals surface area contributed by atoms with Gasteiger partial charge in [0.1, 0.15) is 6.54 Å². The van der Waals surface area contributed by atoms with E-state index in [-0.39, 0.29) is 18.4 Å². The molecule has 1 saturated heterocycles. The van der Waals surface area contributed by atoms with Gasteiger partial charge in [-0.2, -0.15) is 0 Å². The molecule has 1 aromatic heterocycles. The van der Waals surface area contributed by atoms with Gasteiger partial charge in [-0.05, 0) is 25.0 Å². The summed E-state index contributed by atoms with van der Waals surface area (Å²) in [4.78, 5) is 54.8. The Bertz CT molecular complexity index is 1010. The highest BCUT2D eigenvalue weighted by Gasteiger charge is 2.26. The second kappa shape index (κ2) is 7.59. The number of hydrogen-bond donors (Lipinski definition) is 2. The number of fused-ring (bicyclic) bond motifs is 1. The fourth-order valence-corrected chi connectivity index (χ4v) is 3.49. The van der Waals surface area contributed by atoms with E-state index in [2.05, 4.69) is 10.3 Å². The molecule has 2 aromatic rings. The topological polar surface area (TPSA) is 108 Å². The van der Waals surface area contributed by atoms with Crippen molar-refractivity contribution >= 4 is 22.7 Å². The van der Waals surface area contributed by atoms with Gasteiger partial charge in [-0.3, -0.25) is 28.8 Å². The summed E-state index contributed by atoms with van der Waals surface area (Å²) in [6.45, 7) is 2.47. The molecular weight excluding hydrogens is 362 g/mol. The minimum Gasteiger partial charge on any atom is -0.352 e. The molecule has 1 aliphatic carbocycles. The highest BCUT2D eigenvalue weighted by molar-refractivity contribution is 5.82. The predicted octanol–water partition coefficient (Wildman–Crippen LogP) is -0.887. The summed E-state index contributed by atoms with van der Waals surface area (Å²) in [5.41, 5.74) is -0.602. The van der Waals surface area contributed by atoms with Gasteiger partial charge in [0, 0.05) is 32.2 Å². The van der Waals surface area contributed by atoms with Crippen LogP contribution in [-0.4, -0.2) is 69.9 Å². The summed E-state index contributed by atoms with van der Waals surface area (Å²) < 4.78 is 1.30. The summed E-state index contributed by atoms with van der Waals surface area (Å²) in [6.07, 6.45) is 2.12. The number of aromatic amines is 1. The lowest BCUT2D eigenvalue weighted by Crippen LogP contribution is -2.52. The fraction of sp³-hybridized carbons (Fsp3) is 0.474. The number of H-pyrrole nitrogens is 1. The van der Waals surface area contributed by atoms with Crippen molar-refractivity contribution in [1.82, 2.24) is 24.7 Å². The van der Waals surface area contributed by atoms with Gasteiger partial charge in [-0.15, -0.1) is 0 Å². The minimum atomic E-state index is -0.590. The Balaban J connectivity index is 1.39. The first-order valence-corrected chi connectivity index (χ1v) is 9.52. The van der Waals surface area contributed by atoms with Crippen LogP contribution >= 0.6 is 0 Å². The van der Waals surface area contributed by atoms with Crippen molar-refractivity contribution in [1.29, 1.82) is 0 Å². The molecule has 9 nitrogen and oxygen atoms in total. The van der Waals surface area contributed by atoms with Gasteiger partial charge in [0.05, 0.1) is 17.4 Å². The predicted molar refractivity (Wildman–Crippen MR) is 103 cm³/mol. The molecule has 2 amide bonds. The van der Waals surface area contributed by atoms with Crippen molar-refractivity contribution in [2.75, 3.05) is 32.7 Å². The largest absolute Gasteiger partial charge is 0.352 e. The van der Waals surface area contributed by atoms with Crippen LogP contribution in [-0.2, 0) is 16.1 Å². The third-order valence-corrected chi connectivity index (χ3v) is 5.23. The third kappa shape index (κ3) is 3.99. The molecule has 2 aliphatic rings. The van der Waals surface area contributed by atoms with Crippen molar-refractivity contribution in [2.24, 2.45) is 0 Å². The van der Waals surface area contributed by atoms with Gasteiger partial charge in [0.25, 0.3) is 5.56 Å². The molecule has 148 valence electrons. The third-order valence-electron chi connectivity index (χ3n) is 5.23. The summed E-state index contributed by atoms with van der Waals surface area (Å²) in [5, 5.41) is 3.34. The van der Waals surface area contributed by atoms with E-state index in [4.69, 9.17) is 0 Å². The number of para-hydroxylation sites is 1. The molecule has 1 saturated carbocycles. The van der Waals surface area contributed by atoms with E-state index < -0.39 is 11.2 Å². The number of nitrogens with one attached hydrogen (secondary N) is 2. The Morgan fingerprint density at radius 1 is 1.04 bits per heavy atom. The monoisotopic (exact) mass is 385 g/mol. The van der Waals surface area contributed by atoms with Gasteiger partial charge in [-0.1, -0.05) is 12.1 Å². The smallest absolute Gasteiger partial charge is 0.329 e. The molecule has 0 atom stereocenters. The molecule has 2 fully saturated rings. The average molecular weight is 385 g/mol. The molecule has 0 spiro atoms. The number of amides is 2. The second-order valence-corrected chi connectivity index (χ2v) is 7.36. The van der Waals surface area contributed by atoms with Gasteiger partial charge in [0.2, 0.25) is 11.8 Å². The summed E-state index contributed by atoms with van der Waals surface area (Å²) in [5.74, 6) is -0.144. The molecule has 0 bridgehead atoms. The van der Waals surface area contributed by atoms with Crippen molar-refractivity contribution in [3.8, 4) is 0 Å². The van der Waals surface area contributed by atoms with Gasteiger partial charge in [-0.25, -0.2) is 4.79 Å².